The van der Waals surface area contributed by atoms with Crippen LogP contribution in [0, 0.1) is 0 Å². The van der Waals surface area contributed by atoms with Gasteiger partial charge in [-0.05, 0) is 19.3 Å². The summed E-state index contributed by atoms with van der Waals surface area (Å²) in [7, 11) is 1.60. The molecule has 1 aromatic rings. The highest BCUT2D eigenvalue weighted by atomic mass is 35.5. The van der Waals surface area contributed by atoms with Crippen molar-refractivity contribution in [3.8, 4) is 0 Å². The van der Waals surface area contributed by atoms with Crippen LogP contribution >= 0.6 is 11.6 Å². The summed E-state index contributed by atoms with van der Waals surface area (Å²) < 4.78 is 5.03. The number of hydrogen-bond acceptors (Lipinski definition) is 5. The van der Waals surface area contributed by atoms with Crippen LogP contribution in [0.5, 0.6) is 0 Å². The predicted octanol–water partition coefficient (Wildman–Crippen LogP) is 1.63. The second-order valence-electron chi connectivity index (χ2n) is 4.40. The van der Waals surface area contributed by atoms with Crippen LogP contribution in [0.1, 0.15) is 25.1 Å². The smallest absolute Gasteiger partial charge is 0.158 e. The van der Waals surface area contributed by atoms with Gasteiger partial charge >= 0.3 is 0 Å². The molecule has 100 valence electrons. The zero-order valence-electron chi connectivity index (χ0n) is 10.5. The standard InChI is InChI=1S/C12H18ClN3O2/c1-18-8-11-14-10(13)7-12(15-11)16(5-6-17)9-3-2-4-9/h7,9,17H,2-6,8H2,1H3. The fourth-order valence-corrected chi connectivity index (χ4v) is 2.28. The first-order valence-corrected chi connectivity index (χ1v) is 6.52. The summed E-state index contributed by atoms with van der Waals surface area (Å²) >= 11 is 6.00. The molecule has 6 heteroatoms. The van der Waals surface area contributed by atoms with Crippen LogP contribution in [-0.2, 0) is 11.3 Å². The van der Waals surface area contributed by atoms with Crippen molar-refractivity contribution in [2.24, 2.45) is 0 Å². The summed E-state index contributed by atoms with van der Waals surface area (Å²) in [5.41, 5.74) is 0. The third-order valence-electron chi connectivity index (χ3n) is 3.15. The van der Waals surface area contributed by atoms with Crippen molar-refractivity contribution in [2.45, 2.75) is 31.9 Å². The third kappa shape index (κ3) is 3.10. The molecule has 0 amide bonds. The molecule has 1 aromatic heterocycles. The summed E-state index contributed by atoms with van der Waals surface area (Å²) in [6.07, 6.45) is 3.51. The Labute approximate surface area is 112 Å². The van der Waals surface area contributed by atoms with Gasteiger partial charge in [0.15, 0.2) is 5.82 Å². The molecule has 0 saturated heterocycles. The summed E-state index contributed by atoms with van der Waals surface area (Å²) in [6.45, 7) is 1.02. The number of aliphatic hydroxyl groups excluding tert-OH is 1. The number of aliphatic hydroxyl groups is 1. The van der Waals surface area contributed by atoms with E-state index in [1.807, 2.05) is 0 Å². The molecule has 0 spiro atoms. The van der Waals surface area contributed by atoms with Crippen LogP contribution in [0.2, 0.25) is 5.15 Å². The number of rotatable bonds is 6. The van der Waals surface area contributed by atoms with Crippen LogP contribution < -0.4 is 4.90 Å². The van der Waals surface area contributed by atoms with E-state index in [9.17, 15) is 0 Å². The molecule has 0 radical (unpaired) electrons. The highest BCUT2D eigenvalue weighted by Gasteiger charge is 2.26. The fourth-order valence-electron chi connectivity index (χ4n) is 2.08. The van der Waals surface area contributed by atoms with Crippen molar-refractivity contribution < 1.29 is 9.84 Å². The van der Waals surface area contributed by atoms with Gasteiger partial charge in [0.1, 0.15) is 17.6 Å². The molecule has 2 rings (SSSR count). The number of halogens is 1. The lowest BCUT2D eigenvalue weighted by Crippen LogP contribution is -2.42. The molecule has 18 heavy (non-hydrogen) atoms. The lowest BCUT2D eigenvalue weighted by atomic mass is 9.91. The molecule has 5 nitrogen and oxygen atoms in total. The van der Waals surface area contributed by atoms with E-state index >= 15 is 0 Å². The molecule has 0 bridgehead atoms. The average molecular weight is 272 g/mol. The van der Waals surface area contributed by atoms with Crippen LogP contribution in [0.15, 0.2) is 6.07 Å². The van der Waals surface area contributed by atoms with Gasteiger partial charge in [-0.25, -0.2) is 9.97 Å². The van der Waals surface area contributed by atoms with Crippen molar-refractivity contribution in [1.29, 1.82) is 0 Å². The molecule has 1 aliphatic rings. The van der Waals surface area contributed by atoms with E-state index in [1.54, 1.807) is 13.2 Å². The van der Waals surface area contributed by atoms with Gasteiger partial charge in [0.05, 0.1) is 6.61 Å². The minimum atomic E-state index is 0.109. The number of hydrogen-bond donors (Lipinski definition) is 1. The van der Waals surface area contributed by atoms with E-state index in [2.05, 4.69) is 14.9 Å². The topological polar surface area (TPSA) is 58.5 Å². The number of nitrogens with zero attached hydrogens (tertiary/aromatic N) is 3. The van der Waals surface area contributed by atoms with Gasteiger partial charge < -0.3 is 14.7 Å². The molecule has 1 aliphatic carbocycles. The lowest BCUT2D eigenvalue weighted by Gasteiger charge is -2.38. The summed E-state index contributed by atoms with van der Waals surface area (Å²) in [6, 6.07) is 2.20. The first-order valence-electron chi connectivity index (χ1n) is 6.14. The fraction of sp³-hybridized carbons (Fsp3) is 0.667. The van der Waals surface area contributed by atoms with Crippen molar-refractivity contribution in [1.82, 2.24) is 9.97 Å². The maximum atomic E-state index is 9.17. The summed E-state index contributed by atoms with van der Waals surface area (Å²) in [4.78, 5) is 10.7. The molecule has 0 atom stereocenters. The highest BCUT2D eigenvalue weighted by Crippen LogP contribution is 2.29. The Morgan fingerprint density at radius 1 is 1.50 bits per heavy atom. The van der Waals surface area contributed by atoms with Crippen molar-refractivity contribution >= 4 is 17.4 Å². The second kappa shape index (κ2) is 6.31. The van der Waals surface area contributed by atoms with Crippen LogP contribution in [0.25, 0.3) is 0 Å². The molecule has 0 aromatic carbocycles. The monoisotopic (exact) mass is 271 g/mol. The van der Waals surface area contributed by atoms with Crippen molar-refractivity contribution in [2.75, 3.05) is 25.2 Å². The minimum absolute atomic E-state index is 0.109. The Balaban J connectivity index is 2.22. The number of methoxy groups -OCH3 is 1. The van der Waals surface area contributed by atoms with Gasteiger partial charge in [-0.1, -0.05) is 11.6 Å². The molecule has 1 heterocycles. The first kappa shape index (κ1) is 13.5. The third-order valence-corrected chi connectivity index (χ3v) is 3.35. The zero-order chi connectivity index (χ0) is 13.0. The molecule has 1 saturated carbocycles. The van der Waals surface area contributed by atoms with Gasteiger partial charge in [0.25, 0.3) is 0 Å². The summed E-state index contributed by atoms with van der Waals surface area (Å²) in [5.74, 6) is 1.35. The number of ether oxygens (including phenoxy) is 1. The Morgan fingerprint density at radius 3 is 2.83 bits per heavy atom. The Bertz CT molecular complexity index is 399. The molecular formula is C12H18ClN3O2. The van der Waals surface area contributed by atoms with Gasteiger partial charge in [-0.2, -0.15) is 0 Å². The summed E-state index contributed by atoms with van der Waals surface area (Å²) in [5, 5.41) is 9.58. The maximum Gasteiger partial charge on any atom is 0.158 e. The Kier molecular flexibility index (Phi) is 4.74. The Hall–Kier alpha value is -0.910. The van der Waals surface area contributed by atoms with Gasteiger partial charge in [0.2, 0.25) is 0 Å². The van der Waals surface area contributed by atoms with E-state index < -0.39 is 0 Å². The van der Waals surface area contributed by atoms with Crippen molar-refractivity contribution in [3.05, 3.63) is 17.0 Å². The van der Waals surface area contributed by atoms with E-state index in [4.69, 9.17) is 21.4 Å². The van der Waals surface area contributed by atoms with Gasteiger partial charge in [-0.15, -0.1) is 0 Å². The SMILES string of the molecule is COCc1nc(Cl)cc(N(CCO)C2CCC2)n1. The number of aromatic nitrogens is 2. The lowest BCUT2D eigenvalue weighted by molar-refractivity contribution is 0.177. The van der Waals surface area contributed by atoms with Gasteiger partial charge in [-0.3, -0.25) is 0 Å². The van der Waals surface area contributed by atoms with E-state index in [-0.39, 0.29) is 6.61 Å². The molecule has 0 unspecified atom stereocenters. The molecule has 1 fully saturated rings. The quantitative estimate of drug-likeness (QED) is 0.797. The largest absolute Gasteiger partial charge is 0.395 e. The second-order valence-corrected chi connectivity index (χ2v) is 4.79. The average Bonchev–Trinajstić information content (AvgIpc) is 2.25. The van der Waals surface area contributed by atoms with Crippen LogP contribution in [-0.4, -0.2) is 41.4 Å². The predicted molar refractivity (Wildman–Crippen MR) is 69.8 cm³/mol. The van der Waals surface area contributed by atoms with Crippen LogP contribution in [0.4, 0.5) is 5.82 Å². The minimum Gasteiger partial charge on any atom is -0.395 e. The first-order chi connectivity index (χ1) is 8.74. The molecule has 1 N–H and O–H groups in total. The zero-order valence-corrected chi connectivity index (χ0v) is 11.2. The normalized spacial score (nSPS) is 15.5. The van der Waals surface area contributed by atoms with Gasteiger partial charge in [0, 0.05) is 25.8 Å². The number of anilines is 1. The van der Waals surface area contributed by atoms with Crippen LogP contribution in [0.3, 0.4) is 0 Å². The maximum absolute atomic E-state index is 9.17. The molecular weight excluding hydrogens is 254 g/mol. The van der Waals surface area contributed by atoms with E-state index in [1.165, 1.54) is 6.42 Å². The van der Waals surface area contributed by atoms with Crippen molar-refractivity contribution in [3.63, 3.8) is 0 Å². The Morgan fingerprint density at radius 2 is 2.28 bits per heavy atom. The highest BCUT2D eigenvalue weighted by molar-refractivity contribution is 6.29. The van der Waals surface area contributed by atoms with E-state index in [0.29, 0.717) is 30.2 Å². The molecule has 0 aliphatic heterocycles. The van der Waals surface area contributed by atoms with E-state index in [0.717, 1.165) is 18.7 Å².